The van der Waals surface area contributed by atoms with Crippen molar-refractivity contribution in [2.75, 3.05) is 5.33 Å². The van der Waals surface area contributed by atoms with E-state index in [1.807, 2.05) is 44.2 Å². The summed E-state index contributed by atoms with van der Waals surface area (Å²) in [6.45, 7) is 3.97. The first-order chi connectivity index (χ1) is 6.66. The van der Waals surface area contributed by atoms with Crippen LogP contribution in [0.3, 0.4) is 0 Å². The van der Waals surface area contributed by atoms with E-state index in [9.17, 15) is 4.21 Å². The molecule has 0 amide bonds. The summed E-state index contributed by atoms with van der Waals surface area (Å²) in [5.41, 5.74) is 1.11. The lowest BCUT2D eigenvalue weighted by atomic mass is 10.3. The Kier molecular flexibility index (Phi) is 4.55. The Morgan fingerprint density at radius 2 is 1.86 bits per heavy atom. The minimum atomic E-state index is -1.02. The third kappa shape index (κ3) is 2.79. The van der Waals surface area contributed by atoms with Crippen LogP contribution in [-0.4, -0.2) is 9.54 Å². The molecule has 0 spiro atoms. The van der Waals surface area contributed by atoms with E-state index in [1.54, 1.807) is 0 Å². The molecule has 0 aliphatic heterocycles. The summed E-state index contributed by atoms with van der Waals surface area (Å²) in [5.74, 6) is 0. The maximum Gasteiger partial charge on any atom is 0.0816 e. The lowest BCUT2D eigenvalue weighted by molar-refractivity contribution is 0.686. The molecular formula is C11H13BrOS. The lowest BCUT2D eigenvalue weighted by Gasteiger charge is -2.06. The average molecular weight is 273 g/mol. The molecule has 0 N–H and O–H groups in total. The molecule has 0 heterocycles. The molecule has 1 unspecified atom stereocenters. The molecule has 1 atom stereocenters. The first-order valence-corrected chi connectivity index (χ1v) is 6.63. The van der Waals surface area contributed by atoms with Crippen LogP contribution in [0.1, 0.15) is 13.8 Å². The fourth-order valence-corrected chi connectivity index (χ4v) is 3.40. The maximum absolute atomic E-state index is 12.0. The molecule has 1 aromatic carbocycles. The van der Waals surface area contributed by atoms with Gasteiger partial charge in [0.05, 0.1) is 10.8 Å². The SMILES string of the molecule is CC(C)=C(CBr)S(=O)c1ccccc1. The van der Waals surface area contributed by atoms with Crippen molar-refractivity contribution in [1.82, 2.24) is 0 Å². The van der Waals surface area contributed by atoms with Crippen LogP contribution < -0.4 is 0 Å². The zero-order valence-corrected chi connectivity index (χ0v) is 10.7. The summed E-state index contributed by atoms with van der Waals surface area (Å²) in [6.07, 6.45) is 0. The molecule has 0 saturated heterocycles. The van der Waals surface area contributed by atoms with Crippen LogP contribution in [0, 0.1) is 0 Å². The normalized spacial score (nSPS) is 12.2. The van der Waals surface area contributed by atoms with Gasteiger partial charge in [0.1, 0.15) is 0 Å². The van der Waals surface area contributed by atoms with Crippen LogP contribution >= 0.6 is 15.9 Å². The second-order valence-corrected chi connectivity index (χ2v) is 5.20. The van der Waals surface area contributed by atoms with E-state index >= 15 is 0 Å². The van der Waals surface area contributed by atoms with Gasteiger partial charge in [-0.05, 0) is 26.0 Å². The molecule has 3 heteroatoms. The maximum atomic E-state index is 12.0. The molecule has 1 rings (SSSR count). The largest absolute Gasteiger partial charge is 0.249 e. The van der Waals surface area contributed by atoms with Crippen LogP contribution in [0.4, 0.5) is 0 Å². The van der Waals surface area contributed by atoms with Crippen molar-refractivity contribution in [3.05, 3.63) is 40.8 Å². The minimum Gasteiger partial charge on any atom is -0.249 e. The number of hydrogen-bond donors (Lipinski definition) is 0. The lowest BCUT2D eigenvalue weighted by Crippen LogP contribution is -1.99. The van der Waals surface area contributed by atoms with Crippen molar-refractivity contribution in [3.8, 4) is 0 Å². The number of benzene rings is 1. The van der Waals surface area contributed by atoms with Gasteiger partial charge in [-0.15, -0.1) is 0 Å². The van der Waals surface area contributed by atoms with Gasteiger partial charge in [0.25, 0.3) is 0 Å². The molecule has 1 aromatic rings. The highest BCUT2D eigenvalue weighted by Gasteiger charge is 2.09. The highest BCUT2D eigenvalue weighted by Crippen LogP contribution is 2.18. The quantitative estimate of drug-likeness (QED) is 0.770. The third-order valence-electron chi connectivity index (χ3n) is 1.86. The third-order valence-corrected chi connectivity index (χ3v) is 4.49. The van der Waals surface area contributed by atoms with Gasteiger partial charge in [0, 0.05) is 15.1 Å². The number of halogens is 1. The van der Waals surface area contributed by atoms with Crippen molar-refractivity contribution >= 4 is 26.7 Å². The molecule has 0 bridgehead atoms. The summed E-state index contributed by atoms with van der Waals surface area (Å²) >= 11 is 3.36. The zero-order valence-electron chi connectivity index (χ0n) is 8.29. The van der Waals surface area contributed by atoms with Gasteiger partial charge < -0.3 is 0 Å². The van der Waals surface area contributed by atoms with Gasteiger partial charge in [-0.3, -0.25) is 0 Å². The Morgan fingerprint density at radius 1 is 1.29 bits per heavy atom. The Bertz CT molecular complexity index is 353. The van der Waals surface area contributed by atoms with Crippen molar-refractivity contribution < 1.29 is 4.21 Å². The van der Waals surface area contributed by atoms with Crippen LogP contribution in [0.15, 0.2) is 45.7 Å². The monoisotopic (exact) mass is 272 g/mol. The van der Waals surface area contributed by atoms with Crippen molar-refractivity contribution in [2.24, 2.45) is 0 Å². The number of allylic oxidation sites excluding steroid dienone is 2. The standard InChI is InChI=1S/C11H13BrOS/c1-9(2)11(8-12)14(13)10-6-4-3-5-7-10/h3-7H,8H2,1-2H3. The van der Waals surface area contributed by atoms with Crippen molar-refractivity contribution in [1.29, 1.82) is 0 Å². The summed E-state index contributed by atoms with van der Waals surface area (Å²) in [6, 6.07) is 9.52. The summed E-state index contributed by atoms with van der Waals surface area (Å²) < 4.78 is 12.0. The summed E-state index contributed by atoms with van der Waals surface area (Å²) in [5, 5.41) is 0.664. The topological polar surface area (TPSA) is 17.1 Å². The first kappa shape index (κ1) is 11.7. The van der Waals surface area contributed by atoms with Gasteiger partial charge >= 0.3 is 0 Å². The molecule has 0 fully saturated rings. The van der Waals surface area contributed by atoms with Crippen molar-refractivity contribution in [2.45, 2.75) is 18.7 Å². The first-order valence-electron chi connectivity index (χ1n) is 4.36. The number of alkyl halides is 1. The molecule has 14 heavy (non-hydrogen) atoms. The molecule has 0 radical (unpaired) electrons. The van der Waals surface area contributed by atoms with Gasteiger partial charge in [0.2, 0.25) is 0 Å². The van der Waals surface area contributed by atoms with Gasteiger partial charge in [-0.2, -0.15) is 0 Å². The predicted molar refractivity (Wildman–Crippen MR) is 65.0 cm³/mol. The Morgan fingerprint density at radius 3 is 2.29 bits per heavy atom. The minimum absolute atomic E-state index is 0.664. The fraction of sp³-hybridized carbons (Fsp3) is 0.273. The molecule has 0 aliphatic rings. The van der Waals surface area contributed by atoms with E-state index in [4.69, 9.17) is 0 Å². The molecule has 0 aliphatic carbocycles. The van der Waals surface area contributed by atoms with E-state index in [0.29, 0.717) is 5.33 Å². The van der Waals surface area contributed by atoms with Gasteiger partial charge in [-0.1, -0.05) is 39.7 Å². The number of hydrogen-bond acceptors (Lipinski definition) is 1. The van der Waals surface area contributed by atoms with E-state index in [0.717, 1.165) is 15.4 Å². The van der Waals surface area contributed by atoms with Gasteiger partial charge in [0.15, 0.2) is 0 Å². The van der Waals surface area contributed by atoms with Crippen LogP contribution in [-0.2, 0) is 10.8 Å². The van der Waals surface area contributed by atoms with E-state index in [2.05, 4.69) is 15.9 Å². The Hall–Kier alpha value is -0.410. The van der Waals surface area contributed by atoms with E-state index < -0.39 is 10.8 Å². The predicted octanol–water partition coefficient (Wildman–Crippen LogP) is 3.48. The smallest absolute Gasteiger partial charge is 0.0816 e. The molecule has 76 valence electrons. The molecule has 0 aromatic heterocycles. The van der Waals surface area contributed by atoms with Crippen molar-refractivity contribution in [3.63, 3.8) is 0 Å². The van der Waals surface area contributed by atoms with Crippen LogP contribution in [0.2, 0.25) is 0 Å². The Labute approximate surface area is 95.8 Å². The zero-order chi connectivity index (χ0) is 10.6. The highest BCUT2D eigenvalue weighted by atomic mass is 79.9. The van der Waals surface area contributed by atoms with Gasteiger partial charge in [-0.25, -0.2) is 4.21 Å². The fourth-order valence-electron chi connectivity index (χ4n) is 1.05. The van der Waals surface area contributed by atoms with E-state index in [-0.39, 0.29) is 0 Å². The molecular weight excluding hydrogens is 260 g/mol. The average Bonchev–Trinajstić information content (AvgIpc) is 2.19. The Balaban J connectivity index is 3.02. The highest BCUT2D eigenvalue weighted by molar-refractivity contribution is 9.09. The van der Waals surface area contributed by atoms with Crippen LogP contribution in [0.5, 0.6) is 0 Å². The summed E-state index contributed by atoms with van der Waals surface area (Å²) in [4.78, 5) is 1.82. The second-order valence-electron chi connectivity index (χ2n) is 3.14. The number of rotatable bonds is 3. The van der Waals surface area contributed by atoms with E-state index in [1.165, 1.54) is 0 Å². The molecule has 1 nitrogen and oxygen atoms in total. The second kappa shape index (κ2) is 5.47. The summed E-state index contributed by atoms with van der Waals surface area (Å²) in [7, 11) is -1.02. The van der Waals surface area contributed by atoms with Crippen LogP contribution in [0.25, 0.3) is 0 Å². The molecule has 0 saturated carbocycles.